The van der Waals surface area contributed by atoms with Crippen molar-refractivity contribution in [1.82, 2.24) is 9.78 Å². The van der Waals surface area contributed by atoms with Gasteiger partial charge in [-0.3, -0.25) is 10.00 Å². The first-order chi connectivity index (χ1) is 11.7. The van der Waals surface area contributed by atoms with E-state index in [0.29, 0.717) is 0 Å². The summed E-state index contributed by atoms with van der Waals surface area (Å²) in [6, 6.07) is 0. The molecule has 1 N–H and O–H groups in total. The van der Waals surface area contributed by atoms with Crippen molar-refractivity contribution in [2.45, 2.75) is 13.0 Å². The molecule has 132 valence electrons. The average Bonchev–Trinajstić information content (AvgIpc) is 2.91. The minimum Gasteiger partial charge on any atom is -0.441 e. The number of anilines is 1. The van der Waals surface area contributed by atoms with E-state index in [2.05, 4.69) is 21.1 Å². The number of ether oxygens (including phenoxy) is 1. The first-order valence-electron chi connectivity index (χ1n) is 6.66. The molecule has 1 aromatic carbocycles. The van der Waals surface area contributed by atoms with Crippen LogP contribution in [0.2, 0.25) is 0 Å². The molecule has 0 bridgehead atoms. The molecule has 0 aliphatic rings. The van der Waals surface area contributed by atoms with Crippen molar-refractivity contribution in [2.24, 2.45) is 7.05 Å². The summed E-state index contributed by atoms with van der Waals surface area (Å²) >= 11 is 0. The number of hydrogen-bond donors (Lipinski definition) is 1. The van der Waals surface area contributed by atoms with E-state index in [4.69, 9.17) is 6.42 Å². The molecule has 1 amide bonds. The summed E-state index contributed by atoms with van der Waals surface area (Å²) in [4.78, 5) is 11.8. The van der Waals surface area contributed by atoms with E-state index in [-0.39, 0.29) is 11.4 Å². The van der Waals surface area contributed by atoms with Gasteiger partial charge >= 0.3 is 6.09 Å². The zero-order valence-corrected chi connectivity index (χ0v) is 12.8. The predicted octanol–water partition coefficient (Wildman–Crippen LogP) is 3.41. The second kappa shape index (κ2) is 6.80. The maximum atomic E-state index is 13.7. The van der Waals surface area contributed by atoms with Crippen molar-refractivity contribution in [1.29, 1.82) is 0 Å². The van der Waals surface area contributed by atoms with E-state index < -0.39 is 46.8 Å². The molecule has 0 saturated carbocycles. The SMILES string of the molecule is C#Cc1cnn(C)c1NC(=O)O[C@H](C)c1c(F)c(F)c(F)c(F)c1F. The van der Waals surface area contributed by atoms with Crippen molar-refractivity contribution in [2.75, 3.05) is 5.32 Å². The lowest BCUT2D eigenvalue weighted by molar-refractivity contribution is 0.115. The van der Waals surface area contributed by atoms with Crippen LogP contribution in [0.1, 0.15) is 24.2 Å². The quantitative estimate of drug-likeness (QED) is 0.396. The van der Waals surface area contributed by atoms with Crippen molar-refractivity contribution >= 4 is 11.9 Å². The Balaban J connectivity index is 2.26. The smallest absolute Gasteiger partial charge is 0.413 e. The fourth-order valence-corrected chi connectivity index (χ4v) is 2.02. The fourth-order valence-electron chi connectivity index (χ4n) is 2.02. The van der Waals surface area contributed by atoms with Gasteiger partial charge in [0, 0.05) is 7.05 Å². The standard InChI is InChI=1S/C15H10F5N3O2/c1-4-7-5-21-23(3)14(7)22-15(24)25-6(2)8-9(16)11(18)13(20)12(19)10(8)17/h1,5-6H,2-3H3,(H,22,24)/t6-/m1/s1. The Morgan fingerprint density at radius 2 is 1.72 bits per heavy atom. The summed E-state index contributed by atoms with van der Waals surface area (Å²) in [5.41, 5.74) is -1.07. The van der Waals surface area contributed by atoms with E-state index in [1.807, 2.05) is 0 Å². The number of hydrogen-bond acceptors (Lipinski definition) is 3. The largest absolute Gasteiger partial charge is 0.441 e. The van der Waals surface area contributed by atoms with E-state index in [0.717, 1.165) is 6.92 Å². The number of aromatic nitrogens is 2. The molecule has 0 radical (unpaired) electrons. The monoisotopic (exact) mass is 359 g/mol. The molecule has 1 aromatic heterocycles. The van der Waals surface area contributed by atoms with Crippen LogP contribution in [0.4, 0.5) is 32.6 Å². The topological polar surface area (TPSA) is 56.2 Å². The Morgan fingerprint density at radius 1 is 1.20 bits per heavy atom. The van der Waals surface area contributed by atoms with Gasteiger partial charge < -0.3 is 4.74 Å². The number of nitrogens with zero attached hydrogens (tertiary/aromatic N) is 2. The fraction of sp³-hybridized carbons (Fsp3) is 0.200. The lowest BCUT2D eigenvalue weighted by Crippen LogP contribution is -2.20. The van der Waals surface area contributed by atoms with E-state index >= 15 is 0 Å². The van der Waals surface area contributed by atoms with Gasteiger partial charge in [0.2, 0.25) is 5.82 Å². The highest BCUT2D eigenvalue weighted by Crippen LogP contribution is 2.29. The Hall–Kier alpha value is -3.09. The number of halogens is 5. The zero-order chi connectivity index (χ0) is 18.9. The Kier molecular flexibility index (Phi) is 4.97. The third kappa shape index (κ3) is 3.26. The van der Waals surface area contributed by atoms with Crippen LogP contribution < -0.4 is 5.32 Å². The highest BCUT2D eigenvalue weighted by atomic mass is 19.2. The van der Waals surface area contributed by atoms with Crippen molar-refractivity contribution < 1.29 is 31.5 Å². The molecule has 2 rings (SSSR count). The number of aryl methyl sites for hydroxylation is 1. The molecule has 0 spiro atoms. The molecule has 25 heavy (non-hydrogen) atoms. The van der Waals surface area contributed by atoms with Crippen molar-refractivity contribution in [3.05, 3.63) is 46.4 Å². The minimum atomic E-state index is -2.30. The molecule has 0 unspecified atom stereocenters. The van der Waals surface area contributed by atoms with Gasteiger partial charge in [0.05, 0.1) is 17.3 Å². The van der Waals surface area contributed by atoms with E-state index in [1.165, 1.54) is 17.9 Å². The van der Waals surface area contributed by atoms with Crippen LogP contribution in [-0.4, -0.2) is 15.9 Å². The van der Waals surface area contributed by atoms with Gasteiger partial charge in [0.15, 0.2) is 23.3 Å². The lowest BCUT2D eigenvalue weighted by Gasteiger charge is -2.16. The molecule has 10 heteroatoms. The highest BCUT2D eigenvalue weighted by Gasteiger charge is 2.30. The van der Waals surface area contributed by atoms with Gasteiger partial charge in [-0.25, -0.2) is 26.7 Å². The number of carbonyl (C=O) groups excluding carboxylic acids is 1. The van der Waals surface area contributed by atoms with Gasteiger partial charge in [-0.15, -0.1) is 6.42 Å². The van der Waals surface area contributed by atoms with Gasteiger partial charge in [-0.2, -0.15) is 5.10 Å². The van der Waals surface area contributed by atoms with Gasteiger partial charge in [-0.1, -0.05) is 5.92 Å². The van der Waals surface area contributed by atoms with Crippen LogP contribution in [0.15, 0.2) is 6.20 Å². The summed E-state index contributed by atoms with van der Waals surface area (Å²) in [6.45, 7) is 0.948. The van der Waals surface area contributed by atoms with Gasteiger partial charge in [0.25, 0.3) is 0 Å². The number of carbonyl (C=O) groups is 1. The third-order valence-electron chi connectivity index (χ3n) is 3.25. The molecule has 0 fully saturated rings. The molecule has 0 saturated heterocycles. The number of rotatable bonds is 3. The summed E-state index contributed by atoms with van der Waals surface area (Å²) < 4.78 is 72.7. The molecular formula is C15H10F5N3O2. The van der Waals surface area contributed by atoms with E-state index in [9.17, 15) is 26.7 Å². The lowest BCUT2D eigenvalue weighted by atomic mass is 10.1. The molecule has 1 heterocycles. The van der Waals surface area contributed by atoms with Crippen LogP contribution in [-0.2, 0) is 11.8 Å². The summed E-state index contributed by atoms with van der Waals surface area (Å²) in [7, 11) is 1.45. The van der Waals surface area contributed by atoms with Crippen LogP contribution in [0.5, 0.6) is 0 Å². The Bertz CT molecular complexity index is 859. The molecule has 1 atom stereocenters. The molecular weight excluding hydrogens is 349 g/mol. The van der Waals surface area contributed by atoms with E-state index in [1.54, 1.807) is 0 Å². The van der Waals surface area contributed by atoms with Gasteiger partial charge in [-0.05, 0) is 6.92 Å². The number of nitrogens with one attached hydrogen (secondary N) is 1. The highest BCUT2D eigenvalue weighted by molar-refractivity contribution is 5.85. The van der Waals surface area contributed by atoms with Crippen LogP contribution in [0.3, 0.4) is 0 Å². The van der Waals surface area contributed by atoms with Crippen LogP contribution in [0.25, 0.3) is 0 Å². The maximum Gasteiger partial charge on any atom is 0.413 e. The number of amides is 1. The molecule has 0 aliphatic heterocycles. The Morgan fingerprint density at radius 3 is 2.24 bits per heavy atom. The average molecular weight is 359 g/mol. The first kappa shape index (κ1) is 18.3. The zero-order valence-electron chi connectivity index (χ0n) is 12.8. The first-order valence-corrected chi connectivity index (χ1v) is 6.66. The van der Waals surface area contributed by atoms with Gasteiger partial charge in [0.1, 0.15) is 11.9 Å². The van der Waals surface area contributed by atoms with Crippen molar-refractivity contribution in [3.8, 4) is 12.3 Å². The normalized spacial score (nSPS) is 11.8. The summed E-state index contributed by atoms with van der Waals surface area (Å²) in [6.07, 6.45) is 3.48. The maximum absolute atomic E-state index is 13.7. The van der Waals surface area contributed by atoms with Crippen LogP contribution >= 0.6 is 0 Å². The summed E-state index contributed by atoms with van der Waals surface area (Å²) in [5, 5.41) is 5.96. The Labute approximate surface area is 138 Å². The molecule has 0 aliphatic carbocycles. The number of terminal acetylenes is 1. The second-order valence-electron chi connectivity index (χ2n) is 4.83. The second-order valence-corrected chi connectivity index (χ2v) is 4.83. The molecule has 5 nitrogen and oxygen atoms in total. The predicted molar refractivity (Wildman–Crippen MR) is 75.9 cm³/mol. The summed E-state index contributed by atoms with van der Waals surface area (Å²) in [5.74, 6) is -8.45. The van der Waals surface area contributed by atoms with Crippen molar-refractivity contribution in [3.63, 3.8) is 0 Å². The molecule has 2 aromatic rings. The van der Waals surface area contributed by atoms with Crippen LogP contribution in [0, 0.1) is 41.4 Å². The minimum absolute atomic E-state index is 0.0529. The third-order valence-corrected chi connectivity index (χ3v) is 3.25. The number of benzene rings is 1.